The van der Waals surface area contributed by atoms with Crippen LogP contribution >= 0.6 is 0 Å². The molecule has 0 saturated carbocycles. The SMILES string of the molecule is Cc1cc(NC(=O)C2(C)COCC2N)n[nH]1. The molecule has 0 bridgehead atoms. The predicted molar refractivity (Wildman–Crippen MR) is 58.9 cm³/mol. The van der Waals surface area contributed by atoms with Gasteiger partial charge in [0.1, 0.15) is 0 Å². The number of carbonyl (C=O) groups excluding carboxylic acids is 1. The van der Waals surface area contributed by atoms with Crippen molar-refractivity contribution in [1.82, 2.24) is 10.2 Å². The van der Waals surface area contributed by atoms with E-state index in [-0.39, 0.29) is 11.9 Å². The lowest BCUT2D eigenvalue weighted by Gasteiger charge is -2.24. The summed E-state index contributed by atoms with van der Waals surface area (Å²) >= 11 is 0. The maximum Gasteiger partial charge on any atom is 0.235 e. The van der Waals surface area contributed by atoms with Crippen molar-refractivity contribution in [2.24, 2.45) is 11.1 Å². The van der Waals surface area contributed by atoms with Gasteiger partial charge in [-0.1, -0.05) is 0 Å². The number of nitrogens with one attached hydrogen (secondary N) is 2. The van der Waals surface area contributed by atoms with E-state index in [1.54, 1.807) is 13.0 Å². The van der Waals surface area contributed by atoms with E-state index >= 15 is 0 Å². The molecule has 1 fully saturated rings. The van der Waals surface area contributed by atoms with Crippen molar-refractivity contribution >= 4 is 11.7 Å². The van der Waals surface area contributed by atoms with E-state index in [2.05, 4.69) is 15.5 Å². The highest BCUT2D eigenvalue weighted by molar-refractivity contribution is 5.95. The smallest absolute Gasteiger partial charge is 0.235 e. The summed E-state index contributed by atoms with van der Waals surface area (Å²) in [4.78, 5) is 12.0. The number of nitrogens with zero attached hydrogens (tertiary/aromatic N) is 1. The van der Waals surface area contributed by atoms with Gasteiger partial charge in [-0.3, -0.25) is 9.89 Å². The lowest BCUT2D eigenvalue weighted by molar-refractivity contribution is -0.125. The molecule has 2 heterocycles. The number of H-pyrrole nitrogens is 1. The Labute approximate surface area is 93.5 Å². The number of carbonyl (C=O) groups is 1. The summed E-state index contributed by atoms with van der Waals surface area (Å²) in [6.07, 6.45) is 0. The number of anilines is 1. The van der Waals surface area contributed by atoms with E-state index < -0.39 is 5.41 Å². The third-order valence-electron chi connectivity index (χ3n) is 2.98. The Morgan fingerprint density at radius 3 is 3.06 bits per heavy atom. The van der Waals surface area contributed by atoms with Gasteiger partial charge >= 0.3 is 0 Å². The summed E-state index contributed by atoms with van der Waals surface area (Å²) in [5, 5.41) is 9.44. The van der Waals surface area contributed by atoms with Gasteiger partial charge < -0.3 is 15.8 Å². The molecule has 4 N–H and O–H groups in total. The van der Waals surface area contributed by atoms with Gasteiger partial charge in [0.2, 0.25) is 5.91 Å². The van der Waals surface area contributed by atoms with E-state index in [0.29, 0.717) is 19.0 Å². The van der Waals surface area contributed by atoms with E-state index in [1.165, 1.54) is 0 Å². The fraction of sp³-hybridized carbons (Fsp3) is 0.600. The van der Waals surface area contributed by atoms with Crippen LogP contribution in [0.15, 0.2) is 6.07 Å². The minimum absolute atomic E-state index is 0.149. The first-order chi connectivity index (χ1) is 7.52. The Morgan fingerprint density at radius 1 is 1.81 bits per heavy atom. The quantitative estimate of drug-likeness (QED) is 0.660. The van der Waals surface area contributed by atoms with Crippen LogP contribution in [0.2, 0.25) is 0 Å². The molecule has 2 rings (SSSR count). The summed E-state index contributed by atoms with van der Waals surface area (Å²) in [5.74, 6) is 0.367. The summed E-state index contributed by atoms with van der Waals surface area (Å²) < 4.78 is 5.22. The number of amides is 1. The fourth-order valence-corrected chi connectivity index (χ4v) is 1.66. The van der Waals surface area contributed by atoms with E-state index in [1.807, 2.05) is 6.92 Å². The molecule has 88 valence electrons. The molecule has 1 aliphatic heterocycles. The van der Waals surface area contributed by atoms with Gasteiger partial charge in [-0.15, -0.1) is 0 Å². The van der Waals surface area contributed by atoms with Gasteiger partial charge in [0.25, 0.3) is 0 Å². The number of hydrogen-bond acceptors (Lipinski definition) is 4. The molecule has 0 spiro atoms. The number of ether oxygens (including phenoxy) is 1. The first-order valence-corrected chi connectivity index (χ1v) is 5.19. The normalized spacial score (nSPS) is 29.3. The van der Waals surface area contributed by atoms with Crippen molar-refractivity contribution in [3.05, 3.63) is 11.8 Å². The molecular formula is C10H16N4O2. The zero-order valence-corrected chi connectivity index (χ0v) is 9.41. The molecule has 0 radical (unpaired) electrons. The van der Waals surface area contributed by atoms with Gasteiger partial charge in [0.05, 0.1) is 18.6 Å². The standard InChI is InChI=1S/C10H16N4O2/c1-6-3-8(14-13-6)12-9(15)10(2)5-16-4-7(10)11/h3,7H,4-5,11H2,1-2H3,(H2,12,13,14,15). The second-order valence-electron chi connectivity index (χ2n) is 4.43. The first kappa shape index (κ1) is 11.1. The van der Waals surface area contributed by atoms with Crippen LogP contribution in [-0.4, -0.2) is 35.4 Å². The highest BCUT2D eigenvalue weighted by Crippen LogP contribution is 2.28. The Kier molecular flexibility index (Phi) is 2.69. The maximum absolute atomic E-state index is 12.0. The number of aromatic amines is 1. The molecule has 6 heteroatoms. The summed E-state index contributed by atoms with van der Waals surface area (Å²) in [6.45, 7) is 4.45. The van der Waals surface area contributed by atoms with Crippen LogP contribution in [-0.2, 0) is 9.53 Å². The van der Waals surface area contributed by atoms with E-state index in [4.69, 9.17) is 10.5 Å². The highest BCUT2D eigenvalue weighted by atomic mass is 16.5. The van der Waals surface area contributed by atoms with Crippen molar-refractivity contribution in [3.63, 3.8) is 0 Å². The lowest BCUT2D eigenvalue weighted by atomic mass is 9.85. The summed E-state index contributed by atoms with van der Waals surface area (Å²) in [6, 6.07) is 1.50. The molecule has 0 aliphatic carbocycles. The Bertz CT molecular complexity index is 403. The molecule has 1 aromatic rings. The largest absolute Gasteiger partial charge is 0.379 e. The van der Waals surface area contributed by atoms with Crippen LogP contribution in [0.25, 0.3) is 0 Å². The molecule has 2 atom stereocenters. The number of aryl methyl sites for hydroxylation is 1. The van der Waals surface area contributed by atoms with Gasteiger partial charge in [-0.25, -0.2) is 0 Å². The topological polar surface area (TPSA) is 93.0 Å². The zero-order chi connectivity index (χ0) is 11.8. The second-order valence-corrected chi connectivity index (χ2v) is 4.43. The van der Waals surface area contributed by atoms with Gasteiger partial charge in [-0.2, -0.15) is 5.10 Å². The molecule has 6 nitrogen and oxygen atoms in total. The molecular weight excluding hydrogens is 208 g/mol. The molecule has 1 amide bonds. The summed E-state index contributed by atoms with van der Waals surface area (Å²) in [7, 11) is 0. The highest BCUT2D eigenvalue weighted by Gasteiger charge is 2.44. The lowest BCUT2D eigenvalue weighted by Crippen LogP contribution is -2.47. The third kappa shape index (κ3) is 1.81. The zero-order valence-electron chi connectivity index (χ0n) is 9.41. The van der Waals surface area contributed by atoms with Crippen LogP contribution in [0.5, 0.6) is 0 Å². The second kappa shape index (κ2) is 3.88. The average Bonchev–Trinajstić information content (AvgIpc) is 2.76. The van der Waals surface area contributed by atoms with Crippen molar-refractivity contribution in [1.29, 1.82) is 0 Å². The van der Waals surface area contributed by atoms with Crippen LogP contribution in [0.3, 0.4) is 0 Å². The molecule has 16 heavy (non-hydrogen) atoms. The van der Waals surface area contributed by atoms with Crippen molar-refractivity contribution in [2.75, 3.05) is 18.5 Å². The van der Waals surface area contributed by atoms with E-state index in [9.17, 15) is 4.79 Å². The fourth-order valence-electron chi connectivity index (χ4n) is 1.66. The summed E-state index contributed by atoms with van der Waals surface area (Å²) in [5.41, 5.74) is 6.08. The molecule has 1 saturated heterocycles. The van der Waals surface area contributed by atoms with Gasteiger partial charge in [0, 0.05) is 17.8 Å². The number of nitrogens with two attached hydrogens (primary N) is 1. The van der Waals surface area contributed by atoms with Crippen molar-refractivity contribution in [3.8, 4) is 0 Å². The Balaban J connectivity index is 2.08. The number of hydrogen-bond donors (Lipinski definition) is 3. The van der Waals surface area contributed by atoms with E-state index in [0.717, 1.165) is 5.69 Å². The Hall–Kier alpha value is -1.40. The van der Waals surface area contributed by atoms with Crippen molar-refractivity contribution in [2.45, 2.75) is 19.9 Å². The third-order valence-corrected chi connectivity index (χ3v) is 2.98. The van der Waals surface area contributed by atoms with Gasteiger partial charge in [0.15, 0.2) is 5.82 Å². The first-order valence-electron chi connectivity index (χ1n) is 5.19. The maximum atomic E-state index is 12.0. The molecule has 2 unspecified atom stereocenters. The molecule has 0 aromatic carbocycles. The van der Waals surface area contributed by atoms with Crippen LogP contribution in [0, 0.1) is 12.3 Å². The van der Waals surface area contributed by atoms with Crippen LogP contribution in [0.1, 0.15) is 12.6 Å². The van der Waals surface area contributed by atoms with Crippen LogP contribution < -0.4 is 11.1 Å². The Morgan fingerprint density at radius 2 is 2.56 bits per heavy atom. The average molecular weight is 224 g/mol. The minimum atomic E-state index is -0.674. The minimum Gasteiger partial charge on any atom is -0.379 e. The van der Waals surface area contributed by atoms with Crippen LogP contribution in [0.4, 0.5) is 5.82 Å². The molecule has 1 aromatic heterocycles. The number of aromatic nitrogens is 2. The monoisotopic (exact) mass is 224 g/mol. The number of rotatable bonds is 2. The molecule has 1 aliphatic rings. The van der Waals surface area contributed by atoms with Gasteiger partial charge in [-0.05, 0) is 13.8 Å². The predicted octanol–water partition coefficient (Wildman–Crippen LogP) is 0.0204. The van der Waals surface area contributed by atoms with Crippen molar-refractivity contribution < 1.29 is 9.53 Å².